The maximum Gasteiger partial charge on any atom is 0.330 e. The molecule has 0 radical (unpaired) electrons. The summed E-state index contributed by atoms with van der Waals surface area (Å²) in [4.78, 5) is 28.3. The van der Waals surface area contributed by atoms with Crippen molar-refractivity contribution in [2.24, 2.45) is 11.3 Å². The van der Waals surface area contributed by atoms with E-state index in [1.807, 2.05) is 4.90 Å². The first-order valence-corrected chi connectivity index (χ1v) is 9.04. The van der Waals surface area contributed by atoms with Gasteiger partial charge in [-0.05, 0) is 38.0 Å². The molecular weight excluding hydrogens is 356 g/mol. The van der Waals surface area contributed by atoms with Crippen LogP contribution in [0.4, 0.5) is 17.6 Å². The fraction of sp³-hybridized carbons (Fsp3) is 0.882. The van der Waals surface area contributed by atoms with Gasteiger partial charge in [0.25, 0.3) is 0 Å². The van der Waals surface area contributed by atoms with E-state index in [0.717, 1.165) is 32.4 Å². The number of rotatable bonds is 7. The molecule has 0 aromatic carbocycles. The van der Waals surface area contributed by atoms with Crippen molar-refractivity contribution in [1.29, 1.82) is 0 Å². The molecule has 3 fully saturated rings. The highest BCUT2D eigenvalue weighted by atomic mass is 19.3. The molecular formula is C17H24F4N2O3. The number of piperidine rings is 1. The largest absolute Gasteiger partial charge is 0.365 e. The van der Waals surface area contributed by atoms with Gasteiger partial charge in [-0.25, -0.2) is 8.78 Å². The van der Waals surface area contributed by atoms with Gasteiger partial charge in [0.2, 0.25) is 11.8 Å². The first-order chi connectivity index (χ1) is 12.2. The van der Waals surface area contributed by atoms with E-state index in [9.17, 15) is 27.2 Å². The van der Waals surface area contributed by atoms with Crippen molar-refractivity contribution in [2.45, 2.75) is 44.5 Å². The van der Waals surface area contributed by atoms with Gasteiger partial charge in [-0.2, -0.15) is 8.78 Å². The second-order valence-corrected chi connectivity index (χ2v) is 7.70. The molecule has 1 saturated carbocycles. The van der Waals surface area contributed by atoms with Gasteiger partial charge >= 0.3 is 12.3 Å². The highest BCUT2D eigenvalue weighted by Gasteiger charge is 2.50. The van der Waals surface area contributed by atoms with E-state index in [2.05, 4.69) is 4.74 Å². The Hall–Kier alpha value is -1.38. The molecule has 1 spiro atoms. The molecule has 2 aliphatic heterocycles. The summed E-state index contributed by atoms with van der Waals surface area (Å²) >= 11 is 0. The predicted octanol–water partition coefficient (Wildman–Crippen LogP) is 2.15. The second-order valence-electron chi connectivity index (χ2n) is 7.70. The SMILES string of the molecule is O=C(COCC(F)(F)C(F)F)N1CCC2(CCCN(CC3CC3)C2=O)C1. The van der Waals surface area contributed by atoms with Gasteiger partial charge in [0, 0.05) is 26.2 Å². The second kappa shape index (κ2) is 7.32. The number of hydrogen-bond donors (Lipinski definition) is 0. The van der Waals surface area contributed by atoms with Gasteiger partial charge in [-0.1, -0.05) is 0 Å². The van der Waals surface area contributed by atoms with Crippen molar-refractivity contribution in [3.05, 3.63) is 0 Å². The third kappa shape index (κ3) is 4.13. The van der Waals surface area contributed by atoms with E-state index in [1.165, 1.54) is 4.90 Å². The highest BCUT2D eigenvalue weighted by Crippen LogP contribution is 2.41. The quantitative estimate of drug-likeness (QED) is 0.636. The normalized spacial score (nSPS) is 27.0. The molecule has 2 heterocycles. The lowest BCUT2D eigenvalue weighted by atomic mass is 9.78. The van der Waals surface area contributed by atoms with Crippen LogP contribution < -0.4 is 0 Å². The number of likely N-dealkylation sites (tertiary alicyclic amines) is 2. The van der Waals surface area contributed by atoms with Crippen LogP contribution in [0, 0.1) is 11.3 Å². The van der Waals surface area contributed by atoms with Crippen LogP contribution in [0.15, 0.2) is 0 Å². The number of carbonyl (C=O) groups is 2. The van der Waals surface area contributed by atoms with Crippen molar-refractivity contribution in [1.82, 2.24) is 9.80 Å². The zero-order valence-corrected chi connectivity index (χ0v) is 14.6. The van der Waals surface area contributed by atoms with Crippen LogP contribution in [0.3, 0.4) is 0 Å². The van der Waals surface area contributed by atoms with E-state index >= 15 is 0 Å². The third-order valence-corrected chi connectivity index (χ3v) is 5.55. The summed E-state index contributed by atoms with van der Waals surface area (Å²) in [6, 6.07) is 0. The Morgan fingerprint density at radius 2 is 2.00 bits per heavy atom. The molecule has 2 saturated heterocycles. The average molecular weight is 380 g/mol. The molecule has 2 amide bonds. The van der Waals surface area contributed by atoms with Crippen molar-refractivity contribution in [3.8, 4) is 0 Å². The van der Waals surface area contributed by atoms with Gasteiger partial charge in [0.15, 0.2) is 0 Å². The Labute approximate surface area is 149 Å². The molecule has 1 aliphatic carbocycles. The van der Waals surface area contributed by atoms with Gasteiger partial charge in [-0.3, -0.25) is 9.59 Å². The molecule has 9 heteroatoms. The summed E-state index contributed by atoms with van der Waals surface area (Å²) in [5.74, 6) is -4.14. The number of nitrogens with zero attached hydrogens (tertiary/aromatic N) is 2. The van der Waals surface area contributed by atoms with Gasteiger partial charge < -0.3 is 14.5 Å². The van der Waals surface area contributed by atoms with Crippen LogP contribution in [0.2, 0.25) is 0 Å². The van der Waals surface area contributed by atoms with Crippen molar-refractivity contribution < 1.29 is 31.9 Å². The van der Waals surface area contributed by atoms with E-state index in [-0.39, 0.29) is 12.5 Å². The number of amides is 2. The summed E-state index contributed by atoms with van der Waals surface area (Å²) in [5.41, 5.74) is -0.588. The van der Waals surface area contributed by atoms with Crippen molar-refractivity contribution in [3.63, 3.8) is 0 Å². The standard InChI is InChI=1S/C17H24F4N2O3/c18-14(19)17(20,21)11-26-9-13(24)23-7-5-16(10-23)4-1-6-22(15(16)25)8-12-2-3-12/h12,14H,1-11H2. The summed E-state index contributed by atoms with van der Waals surface area (Å²) in [6.07, 6.45) is 0.624. The number of carbonyl (C=O) groups excluding carboxylic acids is 2. The minimum Gasteiger partial charge on any atom is -0.365 e. The van der Waals surface area contributed by atoms with Gasteiger partial charge in [0.1, 0.15) is 13.2 Å². The van der Waals surface area contributed by atoms with Crippen LogP contribution >= 0.6 is 0 Å². The zero-order chi connectivity index (χ0) is 18.9. The number of ether oxygens (including phenoxy) is 1. The van der Waals surface area contributed by atoms with E-state index in [1.54, 1.807) is 0 Å². The monoisotopic (exact) mass is 380 g/mol. The molecule has 0 N–H and O–H groups in total. The smallest absolute Gasteiger partial charge is 0.330 e. The number of halogens is 4. The predicted molar refractivity (Wildman–Crippen MR) is 83.9 cm³/mol. The van der Waals surface area contributed by atoms with Crippen LogP contribution in [0.25, 0.3) is 0 Å². The minimum atomic E-state index is -4.27. The van der Waals surface area contributed by atoms with Crippen molar-refractivity contribution in [2.75, 3.05) is 39.4 Å². The Balaban J connectivity index is 1.50. The maximum atomic E-state index is 12.9. The Morgan fingerprint density at radius 1 is 1.27 bits per heavy atom. The number of alkyl halides is 4. The summed E-state index contributed by atoms with van der Waals surface area (Å²) < 4.78 is 54.3. The Kier molecular flexibility index (Phi) is 5.46. The van der Waals surface area contributed by atoms with Crippen LogP contribution in [0.1, 0.15) is 32.1 Å². The third-order valence-electron chi connectivity index (χ3n) is 5.55. The topological polar surface area (TPSA) is 49.9 Å². The highest BCUT2D eigenvalue weighted by molar-refractivity contribution is 5.86. The molecule has 148 valence electrons. The van der Waals surface area contributed by atoms with Crippen LogP contribution in [-0.2, 0) is 14.3 Å². The van der Waals surface area contributed by atoms with Crippen molar-refractivity contribution >= 4 is 11.8 Å². The van der Waals surface area contributed by atoms with E-state index in [0.29, 0.717) is 25.3 Å². The summed E-state index contributed by atoms with van der Waals surface area (Å²) in [5, 5.41) is 0. The molecule has 5 nitrogen and oxygen atoms in total. The molecule has 0 bridgehead atoms. The van der Waals surface area contributed by atoms with Crippen LogP contribution in [0.5, 0.6) is 0 Å². The molecule has 1 atom stereocenters. The molecule has 3 rings (SSSR count). The van der Waals surface area contributed by atoms with Gasteiger partial charge in [-0.15, -0.1) is 0 Å². The lowest BCUT2D eigenvalue weighted by Crippen LogP contribution is -2.51. The molecule has 1 unspecified atom stereocenters. The Morgan fingerprint density at radius 3 is 2.65 bits per heavy atom. The lowest BCUT2D eigenvalue weighted by Gasteiger charge is -2.39. The van der Waals surface area contributed by atoms with Gasteiger partial charge in [0.05, 0.1) is 5.41 Å². The molecule has 0 aromatic heterocycles. The first-order valence-electron chi connectivity index (χ1n) is 9.04. The molecule has 0 aromatic rings. The van der Waals surface area contributed by atoms with E-state index in [4.69, 9.17) is 0 Å². The van der Waals surface area contributed by atoms with E-state index < -0.39 is 36.9 Å². The number of hydrogen-bond acceptors (Lipinski definition) is 3. The summed E-state index contributed by atoms with van der Waals surface area (Å²) in [6.45, 7) is -0.0457. The maximum absolute atomic E-state index is 12.9. The molecule has 26 heavy (non-hydrogen) atoms. The Bertz CT molecular complexity index is 556. The average Bonchev–Trinajstić information content (AvgIpc) is 3.29. The fourth-order valence-corrected chi connectivity index (χ4v) is 3.83. The fourth-order valence-electron chi connectivity index (χ4n) is 3.83. The summed E-state index contributed by atoms with van der Waals surface area (Å²) in [7, 11) is 0. The molecule has 3 aliphatic rings. The minimum absolute atomic E-state index is 0.0797. The lowest BCUT2D eigenvalue weighted by molar-refractivity contribution is -0.170. The van der Waals surface area contributed by atoms with Crippen LogP contribution in [-0.4, -0.2) is 73.4 Å². The first kappa shape index (κ1) is 19.4. The zero-order valence-electron chi connectivity index (χ0n) is 14.6.